The van der Waals surface area contributed by atoms with E-state index < -0.39 is 5.97 Å². The molecule has 3 rings (SSSR count). The summed E-state index contributed by atoms with van der Waals surface area (Å²) in [6, 6.07) is 12.7. The van der Waals surface area contributed by atoms with Crippen LogP contribution < -0.4 is 5.32 Å². The van der Waals surface area contributed by atoms with Crippen LogP contribution in [0.5, 0.6) is 0 Å². The van der Waals surface area contributed by atoms with Crippen molar-refractivity contribution in [3.63, 3.8) is 0 Å². The molecule has 104 valence electrons. The molecule has 5 heteroatoms. The molecule has 0 fully saturated rings. The summed E-state index contributed by atoms with van der Waals surface area (Å²) in [6.07, 6.45) is 1.56. The number of nitrogens with zero attached hydrogens (tertiary/aromatic N) is 2. The number of para-hydroxylation sites is 1. The number of nitrogens with one attached hydrogen (secondary N) is 1. The number of pyridine rings is 2. The van der Waals surface area contributed by atoms with Gasteiger partial charge >= 0.3 is 5.97 Å². The number of aromatic nitrogens is 2. The van der Waals surface area contributed by atoms with Crippen LogP contribution in [0.1, 0.15) is 16.1 Å². The van der Waals surface area contributed by atoms with Crippen molar-refractivity contribution in [3.8, 4) is 0 Å². The molecule has 0 aliphatic rings. The van der Waals surface area contributed by atoms with Gasteiger partial charge in [-0.2, -0.15) is 0 Å². The molecule has 0 bridgehead atoms. The number of rotatable bonds is 3. The van der Waals surface area contributed by atoms with Crippen LogP contribution in [0.15, 0.2) is 48.7 Å². The molecule has 0 radical (unpaired) electrons. The Balaban J connectivity index is 2.13. The van der Waals surface area contributed by atoms with Crippen molar-refractivity contribution in [2.24, 2.45) is 0 Å². The van der Waals surface area contributed by atoms with Crippen LogP contribution in [0.25, 0.3) is 10.9 Å². The summed E-state index contributed by atoms with van der Waals surface area (Å²) in [4.78, 5) is 19.8. The van der Waals surface area contributed by atoms with Crippen molar-refractivity contribution < 1.29 is 9.90 Å². The first-order valence-electron chi connectivity index (χ1n) is 6.47. The molecule has 2 N–H and O–H groups in total. The maximum Gasteiger partial charge on any atom is 0.339 e. The lowest BCUT2D eigenvalue weighted by molar-refractivity contribution is 0.0697. The van der Waals surface area contributed by atoms with Crippen molar-refractivity contribution in [2.75, 3.05) is 5.32 Å². The molecule has 0 saturated carbocycles. The maximum absolute atomic E-state index is 11.3. The summed E-state index contributed by atoms with van der Waals surface area (Å²) >= 11 is 0. The highest BCUT2D eigenvalue weighted by molar-refractivity contribution is 5.97. The van der Waals surface area contributed by atoms with E-state index >= 15 is 0 Å². The highest BCUT2D eigenvalue weighted by Crippen LogP contribution is 2.26. The van der Waals surface area contributed by atoms with E-state index in [9.17, 15) is 9.90 Å². The number of hydrogen-bond donors (Lipinski definition) is 2. The molecule has 0 atom stereocenters. The molecule has 0 saturated heterocycles. The van der Waals surface area contributed by atoms with Gasteiger partial charge in [0.1, 0.15) is 11.4 Å². The summed E-state index contributed by atoms with van der Waals surface area (Å²) in [6.45, 7) is 1.90. The Bertz CT molecular complexity index is 831. The number of anilines is 2. The van der Waals surface area contributed by atoms with Crippen LogP contribution in [-0.4, -0.2) is 21.0 Å². The van der Waals surface area contributed by atoms with Gasteiger partial charge in [0, 0.05) is 17.3 Å². The largest absolute Gasteiger partial charge is 0.478 e. The van der Waals surface area contributed by atoms with Crippen molar-refractivity contribution >= 4 is 28.4 Å². The number of benzene rings is 1. The second-order valence-electron chi connectivity index (χ2n) is 4.66. The molecule has 2 aromatic heterocycles. The zero-order chi connectivity index (χ0) is 14.8. The van der Waals surface area contributed by atoms with E-state index in [0.29, 0.717) is 5.82 Å². The highest BCUT2D eigenvalue weighted by Gasteiger charge is 2.12. The lowest BCUT2D eigenvalue weighted by Crippen LogP contribution is -2.05. The van der Waals surface area contributed by atoms with Gasteiger partial charge in [0.15, 0.2) is 0 Å². The van der Waals surface area contributed by atoms with Crippen LogP contribution in [0, 0.1) is 6.92 Å². The Hall–Kier alpha value is -2.95. The van der Waals surface area contributed by atoms with Crippen LogP contribution >= 0.6 is 0 Å². The molecule has 0 spiro atoms. The molecule has 0 amide bonds. The minimum absolute atomic E-state index is 0.135. The fraction of sp³-hybridized carbons (Fsp3) is 0.0625. The normalized spacial score (nSPS) is 10.5. The minimum Gasteiger partial charge on any atom is -0.478 e. The standard InChI is InChI=1S/C16H13N3O2/c1-10-9-14(11-5-2-3-7-13(11)18-10)19-15-12(16(20)21)6-4-8-17-15/h2-9H,1H3,(H,20,21)(H,17,18,19). The SMILES string of the molecule is Cc1cc(Nc2ncccc2C(=O)O)c2ccccc2n1. The third kappa shape index (κ3) is 2.53. The first kappa shape index (κ1) is 13.1. The molecule has 0 aliphatic carbocycles. The lowest BCUT2D eigenvalue weighted by atomic mass is 10.1. The summed E-state index contributed by atoms with van der Waals surface area (Å²) in [5, 5.41) is 13.2. The number of hydrogen-bond acceptors (Lipinski definition) is 4. The zero-order valence-electron chi connectivity index (χ0n) is 11.4. The predicted octanol–water partition coefficient (Wildman–Crippen LogP) is 3.38. The fourth-order valence-electron chi connectivity index (χ4n) is 2.22. The maximum atomic E-state index is 11.3. The van der Waals surface area contributed by atoms with Gasteiger partial charge in [-0.25, -0.2) is 9.78 Å². The van der Waals surface area contributed by atoms with Gasteiger partial charge in [0.25, 0.3) is 0 Å². The van der Waals surface area contributed by atoms with E-state index in [0.717, 1.165) is 22.3 Å². The summed E-state index contributed by atoms with van der Waals surface area (Å²) in [5.41, 5.74) is 2.63. The molecule has 0 unspecified atom stereocenters. The van der Waals surface area contributed by atoms with Gasteiger partial charge in [-0.1, -0.05) is 18.2 Å². The number of aromatic carboxylic acids is 1. The van der Waals surface area contributed by atoms with Crippen molar-refractivity contribution in [2.45, 2.75) is 6.92 Å². The summed E-state index contributed by atoms with van der Waals surface area (Å²) in [5.74, 6) is -0.693. The first-order valence-corrected chi connectivity index (χ1v) is 6.47. The number of carbonyl (C=O) groups is 1. The van der Waals surface area contributed by atoms with E-state index in [1.54, 1.807) is 12.3 Å². The van der Waals surface area contributed by atoms with Crippen molar-refractivity contribution in [1.29, 1.82) is 0 Å². The highest BCUT2D eigenvalue weighted by atomic mass is 16.4. The molecule has 1 aromatic carbocycles. The topological polar surface area (TPSA) is 75.1 Å². The molecule has 2 heterocycles. The van der Waals surface area contributed by atoms with Crippen molar-refractivity contribution in [1.82, 2.24) is 9.97 Å². The number of carboxylic acids is 1. The molecule has 3 aromatic rings. The number of carboxylic acid groups (broad SMARTS) is 1. The van der Waals surface area contributed by atoms with Gasteiger partial charge in [0.2, 0.25) is 0 Å². The second kappa shape index (κ2) is 5.20. The van der Waals surface area contributed by atoms with E-state index in [1.165, 1.54) is 6.07 Å². The molecule has 21 heavy (non-hydrogen) atoms. The fourth-order valence-corrected chi connectivity index (χ4v) is 2.22. The van der Waals surface area contributed by atoms with Gasteiger partial charge in [-0.15, -0.1) is 0 Å². The average Bonchev–Trinajstić information content (AvgIpc) is 2.47. The molecule has 0 aliphatic heterocycles. The Kier molecular flexibility index (Phi) is 3.23. The third-order valence-electron chi connectivity index (χ3n) is 3.14. The van der Waals surface area contributed by atoms with Crippen LogP contribution in [-0.2, 0) is 0 Å². The molecular formula is C16H13N3O2. The van der Waals surface area contributed by atoms with Crippen LogP contribution in [0.4, 0.5) is 11.5 Å². The van der Waals surface area contributed by atoms with E-state index in [1.807, 2.05) is 37.3 Å². The monoisotopic (exact) mass is 279 g/mol. The van der Waals surface area contributed by atoms with Gasteiger partial charge < -0.3 is 10.4 Å². The third-order valence-corrected chi connectivity index (χ3v) is 3.14. The van der Waals surface area contributed by atoms with Crippen molar-refractivity contribution in [3.05, 3.63) is 59.9 Å². The Morgan fingerprint density at radius 1 is 1.19 bits per heavy atom. The van der Waals surface area contributed by atoms with E-state index in [2.05, 4.69) is 15.3 Å². The molecular weight excluding hydrogens is 266 g/mol. The van der Waals surface area contributed by atoms with Crippen LogP contribution in [0.2, 0.25) is 0 Å². The smallest absolute Gasteiger partial charge is 0.339 e. The van der Waals surface area contributed by atoms with Gasteiger partial charge in [-0.05, 0) is 31.2 Å². The number of fused-ring (bicyclic) bond motifs is 1. The Morgan fingerprint density at radius 2 is 2.00 bits per heavy atom. The van der Waals surface area contributed by atoms with E-state index in [-0.39, 0.29) is 5.56 Å². The average molecular weight is 279 g/mol. The predicted molar refractivity (Wildman–Crippen MR) is 81.0 cm³/mol. The van der Waals surface area contributed by atoms with Gasteiger partial charge in [0.05, 0.1) is 11.2 Å². The second-order valence-corrected chi connectivity index (χ2v) is 4.66. The van der Waals surface area contributed by atoms with Crippen LogP contribution in [0.3, 0.4) is 0 Å². The Morgan fingerprint density at radius 3 is 2.81 bits per heavy atom. The Labute approximate surface area is 121 Å². The summed E-state index contributed by atoms with van der Waals surface area (Å²) in [7, 11) is 0. The van der Waals surface area contributed by atoms with Gasteiger partial charge in [-0.3, -0.25) is 4.98 Å². The lowest BCUT2D eigenvalue weighted by Gasteiger charge is -2.11. The zero-order valence-corrected chi connectivity index (χ0v) is 11.4. The van der Waals surface area contributed by atoms with E-state index in [4.69, 9.17) is 0 Å². The first-order chi connectivity index (χ1) is 10.1. The summed E-state index contributed by atoms with van der Waals surface area (Å²) < 4.78 is 0. The quantitative estimate of drug-likeness (QED) is 0.768. The molecule has 5 nitrogen and oxygen atoms in total. The number of aryl methyl sites for hydroxylation is 1. The minimum atomic E-state index is -1.01.